The van der Waals surface area contributed by atoms with Crippen LogP contribution in [0.25, 0.3) is 0 Å². The predicted octanol–water partition coefficient (Wildman–Crippen LogP) is 3.64. The second-order valence-electron chi connectivity index (χ2n) is 4.60. The third-order valence-corrected chi connectivity index (χ3v) is 3.60. The molecule has 0 aromatic heterocycles. The minimum atomic E-state index is 0.429. The molecule has 92 valence electrons. The molecule has 1 heterocycles. The van der Waals surface area contributed by atoms with Crippen LogP contribution in [0.1, 0.15) is 23.5 Å². The minimum Gasteiger partial charge on any atom is -0.496 e. The van der Waals surface area contributed by atoms with E-state index in [2.05, 4.69) is 41.7 Å². The van der Waals surface area contributed by atoms with Gasteiger partial charge in [-0.2, -0.15) is 0 Å². The molecule has 2 nitrogen and oxygen atoms in total. The van der Waals surface area contributed by atoms with Crippen molar-refractivity contribution in [3.05, 3.63) is 59.7 Å². The first-order valence-electron chi connectivity index (χ1n) is 6.36. The monoisotopic (exact) mass is 239 g/mol. The van der Waals surface area contributed by atoms with E-state index in [9.17, 15) is 0 Å². The fourth-order valence-corrected chi connectivity index (χ4v) is 2.75. The Labute approximate surface area is 108 Å². The van der Waals surface area contributed by atoms with E-state index >= 15 is 0 Å². The third-order valence-electron chi connectivity index (χ3n) is 3.60. The van der Waals surface area contributed by atoms with Crippen LogP contribution in [0.4, 0.5) is 5.69 Å². The van der Waals surface area contributed by atoms with Crippen LogP contribution in [-0.2, 0) is 0 Å². The van der Waals surface area contributed by atoms with Crippen LogP contribution in [0, 0.1) is 0 Å². The second kappa shape index (κ2) is 4.73. The molecule has 1 unspecified atom stereocenters. The zero-order valence-electron chi connectivity index (χ0n) is 10.5. The van der Waals surface area contributed by atoms with E-state index in [1.54, 1.807) is 7.11 Å². The van der Waals surface area contributed by atoms with Crippen LogP contribution in [0.3, 0.4) is 0 Å². The molecule has 1 atom stereocenters. The number of hydrogen-bond donors (Lipinski definition) is 1. The molecule has 2 aromatic carbocycles. The first-order chi connectivity index (χ1) is 8.90. The first-order valence-corrected chi connectivity index (χ1v) is 6.36. The SMILES string of the molecule is COc1ccccc1C1CCNc2ccccc21. The standard InChI is InChI=1S/C16H17NO/c1-18-16-9-5-3-7-14(16)12-10-11-17-15-8-4-2-6-13(12)15/h2-9,12,17H,10-11H2,1H3. The van der Waals surface area contributed by atoms with E-state index < -0.39 is 0 Å². The Kier molecular flexibility index (Phi) is 2.93. The van der Waals surface area contributed by atoms with E-state index in [1.165, 1.54) is 16.8 Å². The molecule has 18 heavy (non-hydrogen) atoms. The van der Waals surface area contributed by atoms with Crippen LogP contribution in [0.2, 0.25) is 0 Å². The lowest BCUT2D eigenvalue weighted by Crippen LogP contribution is -2.17. The number of ether oxygens (including phenoxy) is 1. The van der Waals surface area contributed by atoms with Crippen LogP contribution >= 0.6 is 0 Å². The first kappa shape index (κ1) is 11.1. The summed E-state index contributed by atoms with van der Waals surface area (Å²) in [5, 5.41) is 3.46. The number of hydrogen-bond acceptors (Lipinski definition) is 2. The van der Waals surface area contributed by atoms with E-state index in [-0.39, 0.29) is 0 Å². The van der Waals surface area contributed by atoms with Crippen molar-refractivity contribution in [2.24, 2.45) is 0 Å². The van der Waals surface area contributed by atoms with Gasteiger partial charge < -0.3 is 10.1 Å². The summed E-state index contributed by atoms with van der Waals surface area (Å²) >= 11 is 0. The van der Waals surface area contributed by atoms with Crippen molar-refractivity contribution in [3.63, 3.8) is 0 Å². The molecule has 3 rings (SSSR count). The quantitative estimate of drug-likeness (QED) is 0.863. The summed E-state index contributed by atoms with van der Waals surface area (Å²) in [5.41, 5.74) is 3.90. The minimum absolute atomic E-state index is 0.429. The Balaban J connectivity index is 2.08. The molecule has 0 radical (unpaired) electrons. The number of fused-ring (bicyclic) bond motifs is 1. The summed E-state index contributed by atoms with van der Waals surface area (Å²) < 4.78 is 5.49. The molecular weight excluding hydrogens is 222 g/mol. The van der Waals surface area contributed by atoms with Gasteiger partial charge in [0.2, 0.25) is 0 Å². The Morgan fingerprint density at radius 2 is 1.72 bits per heavy atom. The maximum atomic E-state index is 5.49. The van der Waals surface area contributed by atoms with Crippen molar-refractivity contribution in [2.75, 3.05) is 19.0 Å². The van der Waals surface area contributed by atoms with Crippen molar-refractivity contribution in [3.8, 4) is 5.75 Å². The Morgan fingerprint density at radius 3 is 2.56 bits per heavy atom. The van der Waals surface area contributed by atoms with E-state index in [1.807, 2.05) is 12.1 Å². The second-order valence-corrected chi connectivity index (χ2v) is 4.60. The highest BCUT2D eigenvalue weighted by Gasteiger charge is 2.23. The number of para-hydroxylation sites is 2. The molecule has 2 heteroatoms. The summed E-state index contributed by atoms with van der Waals surface area (Å²) in [6, 6.07) is 16.9. The molecule has 0 saturated carbocycles. The molecule has 1 aliphatic rings. The van der Waals surface area contributed by atoms with Crippen LogP contribution in [-0.4, -0.2) is 13.7 Å². The van der Waals surface area contributed by atoms with Crippen molar-refractivity contribution in [1.29, 1.82) is 0 Å². The van der Waals surface area contributed by atoms with Crippen LogP contribution in [0.5, 0.6) is 5.75 Å². The number of anilines is 1. The van der Waals surface area contributed by atoms with Gasteiger partial charge in [-0.1, -0.05) is 36.4 Å². The summed E-state index contributed by atoms with van der Waals surface area (Å²) in [4.78, 5) is 0. The van der Waals surface area contributed by atoms with Gasteiger partial charge in [0, 0.05) is 23.7 Å². The third kappa shape index (κ3) is 1.84. The van der Waals surface area contributed by atoms with Gasteiger partial charge in [-0.05, 0) is 24.1 Å². The average molecular weight is 239 g/mol. The van der Waals surface area contributed by atoms with E-state index in [0.717, 1.165) is 18.7 Å². The topological polar surface area (TPSA) is 21.3 Å². The maximum Gasteiger partial charge on any atom is 0.122 e. The lowest BCUT2D eigenvalue weighted by atomic mass is 9.85. The highest BCUT2D eigenvalue weighted by atomic mass is 16.5. The van der Waals surface area contributed by atoms with Gasteiger partial charge in [0.05, 0.1) is 7.11 Å². The molecule has 1 aliphatic heterocycles. The molecule has 0 saturated heterocycles. The average Bonchev–Trinajstić information content (AvgIpc) is 2.46. The molecule has 0 amide bonds. The normalized spacial score (nSPS) is 17.7. The summed E-state index contributed by atoms with van der Waals surface area (Å²) in [6.07, 6.45) is 1.11. The van der Waals surface area contributed by atoms with Gasteiger partial charge in [0.1, 0.15) is 5.75 Å². The van der Waals surface area contributed by atoms with Crippen LogP contribution < -0.4 is 10.1 Å². The molecule has 0 spiro atoms. The molecule has 0 aliphatic carbocycles. The summed E-state index contributed by atoms with van der Waals surface area (Å²) in [7, 11) is 1.74. The van der Waals surface area contributed by atoms with Gasteiger partial charge >= 0.3 is 0 Å². The van der Waals surface area contributed by atoms with E-state index in [0.29, 0.717) is 5.92 Å². The van der Waals surface area contributed by atoms with Gasteiger partial charge in [0.15, 0.2) is 0 Å². The smallest absolute Gasteiger partial charge is 0.122 e. The molecule has 0 fully saturated rings. The Morgan fingerprint density at radius 1 is 1.00 bits per heavy atom. The van der Waals surface area contributed by atoms with Crippen LogP contribution in [0.15, 0.2) is 48.5 Å². The highest BCUT2D eigenvalue weighted by Crippen LogP contribution is 2.39. The largest absolute Gasteiger partial charge is 0.496 e. The molecular formula is C16H17NO. The predicted molar refractivity (Wildman–Crippen MR) is 74.4 cm³/mol. The zero-order chi connectivity index (χ0) is 12.4. The van der Waals surface area contributed by atoms with Gasteiger partial charge in [-0.25, -0.2) is 0 Å². The summed E-state index contributed by atoms with van der Waals surface area (Å²) in [5.74, 6) is 1.41. The van der Waals surface area contributed by atoms with Gasteiger partial charge in [0.25, 0.3) is 0 Å². The molecule has 1 N–H and O–H groups in total. The lowest BCUT2D eigenvalue weighted by Gasteiger charge is -2.28. The number of benzene rings is 2. The zero-order valence-corrected chi connectivity index (χ0v) is 10.5. The highest BCUT2D eigenvalue weighted by molar-refractivity contribution is 5.58. The summed E-state index contributed by atoms with van der Waals surface area (Å²) in [6.45, 7) is 1.01. The Hall–Kier alpha value is -1.96. The number of nitrogens with one attached hydrogen (secondary N) is 1. The molecule has 2 aromatic rings. The number of methoxy groups -OCH3 is 1. The van der Waals surface area contributed by atoms with Crippen molar-refractivity contribution >= 4 is 5.69 Å². The number of rotatable bonds is 2. The maximum absolute atomic E-state index is 5.49. The van der Waals surface area contributed by atoms with Crippen molar-refractivity contribution < 1.29 is 4.74 Å². The molecule has 0 bridgehead atoms. The van der Waals surface area contributed by atoms with E-state index in [4.69, 9.17) is 4.74 Å². The fraction of sp³-hybridized carbons (Fsp3) is 0.250. The van der Waals surface area contributed by atoms with Crippen molar-refractivity contribution in [2.45, 2.75) is 12.3 Å². The van der Waals surface area contributed by atoms with Crippen molar-refractivity contribution in [1.82, 2.24) is 0 Å². The Bertz CT molecular complexity index is 550. The van der Waals surface area contributed by atoms with Gasteiger partial charge in [-0.15, -0.1) is 0 Å². The fourth-order valence-electron chi connectivity index (χ4n) is 2.75. The van der Waals surface area contributed by atoms with Gasteiger partial charge in [-0.3, -0.25) is 0 Å². The lowest BCUT2D eigenvalue weighted by molar-refractivity contribution is 0.406.